The third-order valence-corrected chi connectivity index (χ3v) is 4.80. The first-order valence-corrected chi connectivity index (χ1v) is 9.26. The second-order valence-electron chi connectivity index (χ2n) is 6.66. The van der Waals surface area contributed by atoms with Gasteiger partial charge in [-0.2, -0.15) is 5.10 Å². The van der Waals surface area contributed by atoms with E-state index in [1.807, 2.05) is 79.3 Å². The molecular formula is C22H19ClN4O. The summed E-state index contributed by atoms with van der Waals surface area (Å²) in [5.74, 6) is 0.391. The van der Waals surface area contributed by atoms with Crippen molar-refractivity contribution in [1.82, 2.24) is 14.3 Å². The van der Waals surface area contributed by atoms with Crippen molar-refractivity contribution in [1.29, 1.82) is 0 Å². The summed E-state index contributed by atoms with van der Waals surface area (Å²) in [6.07, 6.45) is 5.35. The maximum atomic E-state index is 13.0. The summed E-state index contributed by atoms with van der Waals surface area (Å²) in [7, 11) is 0. The van der Waals surface area contributed by atoms with Crippen molar-refractivity contribution < 1.29 is 4.79 Å². The summed E-state index contributed by atoms with van der Waals surface area (Å²) < 4.78 is 3.63. The lowest BCUT2D eigenvalue weighted by molar-refractivity contribution is 0.102. The van der Waals surface area contributed by atoms with E-state index in [2.05, 4.69) is 10.4 Å². The van der Waals surface area contributed by atoms with E-state index in [0.717, 1.165) is 16.8 Å². The van der Waals surface area contributed by atoms with Gasteiger partial charge in [-0.25, -0.2) is 4.68 Å². The number of hydrogen-bond acceptors (Lipinski definition) is 2. The van der Waals surface area contributed by atoms with Crippen molar-refractivity contribution in [2.45, 2.75) is 13.8 Å². The van der Waals surface area contributed by atoms with Crippen LogP contribution in [0.15, 0.2) is 73.2 Å². The predicted octanol–water partition coefficient (Wildman–Crippen LogP) is 5.19. The number of aryl methyl sites for hydroxylation is 2. The van der Waals surface area contributed by atoms with Gasteiger partial charge in [-0.15, -0.1) is 0 Å². The Balaban J connectivity index is 1.76. The lowest BCUT2D eigenvalue weighted by Crippen LogP contribution is -2.15. The highest BCUT2D eigenvalue weighted by Gasteiger charge is 2.20. The van der Waals surface area contributed by atoms with Crippen LogP contribution in [-0.4, -0.2) is 20.3 Å². The molecule has 4 aromatic rings. The Morgan fingerprint density at radius 2 is 1.68 bits per heavy atom. The van der Waals surface area contributed by atoms with Crippen LogP contribution < -0.4 is 5.32 Å². The van der Waals surface area contributed by atoms with Crippen LogP contribution in [0.2, 0.25) is 5.02 Å². The number of carbonyl (C=O) groups excluding carboxylic acids is 1. The van der Waals surface area contributed by atoms with Crippen molar-refractivity contribution in [2.75, 3.05) is 5.32 Å². The van der Waals surface area contributed by atoms with E-state index in [1.54, 1.807) is 16.9 Å². The highest BCUT2D eigenvalue weighted by Crippen LogP contribution is 2.25. The first-order chi connectivity index (χ1) is 13.5. The number of amides is 1. The molecule has 0 spiro atoms. The molecule has 0 aliphatic heterocycles. The second kappa shape index (κ2) is 7.37. The van der Waals surface area contributed by atoms with Crippen molar-refractivity contribution in [3.05, 3.63) is 94.9 Å². The third-order valence-electron chi connectivity index (χ3n) is 4.49. The number of nitrogens with zero attached hydrogens (tertiary/aromatic N) is 3. The van der Waals surface area contributed by atoms with Gasteiger partial charge in [-0.1, -0.05) is 35.4 Å². The van der Waals surface area contributed by atoms with Gasteiger partial charge in [0.2, 0.25) is 0 Å². The van der Waals surface area contributed by atoms with Crippen LogP contribution in [0.25, 0.3) is 11.5 Å². The summed E-state index contributed by atoms with van der Waals surface area (Å²) in [4.78, 5) is 13.0. The molecule has 5 nitrogen and oxygen atoms in total. The zero-order valence-electron chi connectivity index (χ0n) is 15.6. The average molecular weight is 391 g/mol. The number of nitrogens with one attached hydrogen (secondary N) is 1. The molecule has 2 aromatic carbocycles. The van der Waals surface area contributed by atoms with Crippen molar-refractivity contribution in [3.8, 4) is 11.5 Å². The summed E-state index contributed by atoms with van der Waals surface area (Å²) >= 11 is 6.28. The van der Waals surface area contributed by atoms with Crippen molar-refractivity contribution in [2.24, 2.45) is 0 Å². The minimum Gasteiger partial charge on any atom is -0.320 e. The Hall–Kier alpha value is -3.31. The summed E-state index contributed by atoms with van der Waals surface area (Å²) in [5.41, 5.74) is 4.09. The van der Waals surface area contributed by atoms with Gasteiger partial charge >= 0.3 is 0 Å². The molecule has 0 aliphatic rings. The van der Waals surface area contributed by atoms with Crippen LogP contribution >= 0.6 is 11.6 Å². The van der Waals surface area contributed by atoms with E-state index >= 15 is 0 Å². The molecule has 0 fully saturated rings. The van der Waals surface area contributed by atoms with E-state index in [-0.39, 0.29) is 5.91 Å². The zero-order chi connectivity index (χ0) is 19.7. The summed E-state index contributed by atoms with van der Waals surface area (Å²) in [6, 6.07) is 17.3. The van der Waals surface area contributed by atoms with Crippen LogP contribution in [0, 0.1) is 13.8 Å². The van der Waals surface area contributed by atoms with Crippen molar-refractivity contribution >= 4 is 23.2 Å². The van der Waals surface area contributed by atoms with Gasteiger partial charge < -0.3 is 9.88 Å². The Labute approximate surface area is 168 Å². The fourth-order valence-corrected chi connectivity index (χ4v) is 3.29. The molecule has 4 rings (SSSR count). The molecule has 0 radical (unpaired) electrons. The van der Waals surface area contributed by atoms with Crippen LogP contribution in [0.3, 0.4) is 0 Å². The molecule has 1 amide bonds. The smallest absolute Gasteiger partial charge is 0.261 e. The van der Waals surface area contributed by atoms with Crippen LogP contribution in [0.1, 0.15) is 21.5 Å². The van der Waals surface area contributed by atoms with Crippen LogP contribution in [0.5, 0.6) is 0 Å². The fourth-order valence-electron chi connectivity index (χ4n) is 3.01. The molecule has 2 aromatic heterocycles. The van der Waals surface area contributed by atoms with E-state index in [1.165, 1.54) is 0 Å². The van der Waals surface area contributed by atoms with Gasteiger partial charge in [0.25, 0.3) is 5.91 Å². The number of carbonyl (C=O) groups is 1. The van der Waals surface area contributed by atoms with E-state index in [9.17, 15) is 4.79 Å². The molecule has 0 unspecified atom stereocenters. The van der Waals surface area contributed by atoms with Gasteiger partial charge in [0.05, 0.1) is 22.6 Å². The normalized spacial score (nSPS) is 10.8. The van der Waals surface area contributed by atoms with Gasteiger partial charge in [0.15, 0.2) is 5.82 Å². The standard InChI is InChI=1S/C22H19ClN4O/c1-15-5-8-17(9-6-15)27-22(26-11-3-4-12-26)18(14-24-27)21(28)25-20-10-7-16(2)13-19(20)23/h3-14H,1-2H3,(H,25,28). The Kier molecular flexibility index (Phi) is 4.75. The largest absolute Gasteiger partial charge is 0.320 e. The van der Waals surface area contributed by atoms with E-state index in [4.69, 9.17) is 11.6 Å². The zero-order valence-corrected chi connectivity index (χ0v) is 16.3. The molecule has 0 bridgehead atoms. The third kappa shape index (κ3) is 3.44. The molecule has 140 valence electrons. The number of benzene rings is 2. The first kappa shape index (κ1) is 18.1. The second-order valence-corrected chi connectivity index (χ2v) is 7.06. The van der Waals surface area contributed by atoms with Crippen molar-refractivity contribution in [3.63, 3.8) is 0 Å². The topological polar surface area (TPSA) is 51.9 Å². The minimum atomic E-state index is -0.271. The maximum Gasteiger partial charge on any atom is 0.261 e. The summed E-state index contributed by atoms with van der Waals surface area (Å²) in [5, 5.41) is 7.87. The van der Waals surface area contributed by atoms with Gasteiger partial charge in [0, 0.05) is 12.4 Å². The molecule has 1 N–H and O–H groups in total. The Morgan fingerprint density at radius 3 is 2.36 bits per heavy atom. The number of hydrogen-bond donors (Lipinski definition) is 1. The molecular weight excluding hydrogens is 372 g/mol. The van der Waals surface area contributed by atoms with Crippen LogP contribution in [-0.2, 0) is 0 Å². The predicted molar refractivity (Wildman–Crippen MR) is 112 cm³/mol. The molecule has 0 saturated heterocycles. The van der Waals surface area contributed by atoms with Crippen LogP contribution in [0.4, 0.5) is 5.69 Å². The van der Waals surface area contributed by atoms with E-state index < -0.39 is 0 Å². The molecule has 28 heavy (non-hydrogen) atoms. The number of anilines is 1. The number of rotatable bonds is 4. The highest BCUT2D eigenvalue weighted by molar-refractivity contribution is 6.34. The molecule has 2 heterocycles. The molecule has 0 atom stereocenters. The Morgan fingerprint density at radius 1 is 1.00 bits per heavy atom. The molecule has 0 aliphatic carbocycles. The lowest BCUT2D eigenvalue weighted by atomic mass is 10.2. The van der Waals surface area contributed by atoms with Gasteiger partial charge in [-0.05, 0) is 55.8 Å². The van der Waals surface area contributed by atoms with Gasteiger partial charge in [0.1, 0.15) is 5.56 Å². The fraction of sp³-hybridized carbons (Fsp3) is 0.0909. The first-order valence-electron chi connectivity index (χ1n) is 8.89. The highest BCUT2D eigenvalue weighted by atomic mass is 35.5. The Bertz CT molecular complexity index is 1130. The monoisotopic (exact) mass is 390 g/mol. The molecule has 0 saturated carbocycles. The SMILES string of the molecule is Cc1ccc(-n2ncc(C(=O)Nc3ccc(C)cc3Cl)c2-n2cccc2)cc1. The molecule has 6 heteroatoms. The average Bonchev–Trinajstić information content (AvgIpc) is 3.33. The number of halogens is 1. The minimum absolute atomic E-state index is 0.271. The van der Waals surface area contributed by atoms with Gasteiger partial charge in [-0.3, -0.25) is 4.79 Å². The quantitative estimate of drug-likeness (QED) is 0.521. The number of aromatic nitrogens is 3. The maximum absolute atomic E-state index is 13.0. The summed E-state index contributed by atoms with van der Waals surface area (Å²) in [6.45, 7) is 3.98. The van der Waals surface area contributed by atoms with E-state index in [0.29, 0.717) is 22.1 Å². The lowest BCUT2D eigenvalue weighted by Gasteiger charge is -2.12.